The van der Waals surface area contributed by atoms with Crippen molar-refractivity contribution in [3.05, 3.63) is 41.0 Å². The first-order valence-corrected chi connectivity index (χ1v) is 7.83. The van der Waals surface area contributed by atoms with Gasteiger partial charge in [-0.25, -0.2) is 0 Å². The number of likely N-dealkylation sites (tertiary alicyclic amines) is 1. The summed E-state index contributed by atoms with van der Waals surface area (Å²) in [6, 6.07) is 5.29. The summed E-state index contributed by atoms with van der Waals surface area (Å²) in [5.74, 6) is -0.675. The second-order valence-corrected chi connectivity index (χ2v) is 6.36. The number of piperidine rings is 1. The second-order valence-electron chi connectivity index (χ2n) is 6.36. The number of hydrogen-bond acceptors (Lipinski definition) is 2. The molecule has 9 heteroatoms. The minimum absolute atomic E-state index is 0.0139. The van der Waals surface area contributed by atoms with Crippen molar-refractivity contribution in [1.29, 1.82) is 0 Å². The summed E-state index contributed by atoms with van der Waals surface area (Å²) in [5.41, 5.74) is -2.60. The van der Waals surface area contributed by atoms with E-state index in [0.717, 1.165) is 4.90 Å². The summed E-state index contributed by atoms with van der Waals surface area (Å²) in [5, 5.41) is 0. The lowest BCUT2D eigenvalue weighted by Gasteiger charge is -2.32. The standard InChI is InChI=1S/C17H15F6NO2/c1-26-11-4-2-9(3-5-11)8-24-13-7-10(15(24)25)6-12(13)14(16(18,19)20)17(21,22)23/h2-5,10,13H,6-8H2,1H3/t10-,13-/m0/s1. The minimum atomic E-state index is -5.51. The third-order valence-corrected chi connectivity index (χ3v) is 4.78. The molecule has 0 unspecified atom stereocenters. The molecule has 3 rings (SSSR count). The molecule has 2 aliphatic rings. The first-order chi connectivity index (χ1) is 12.0. The van der Waals surface area contributed by atoms with Crippen LogP contribution < -0.4 is 4.74 Å². The Morgan fingerprint density at radius 1 is 1.12 bits per heavy atom. The topological polar surface area (TPSA) is 29.5 Å². The monoisotopic (exact) mass is 379 g/mol. The molecule has 1 aromatic rings. The average Bonchev–Trinajstić information content (AvgIpc) is 3.05. The number of allylic oxidation sites excluding steroid dienone is 1. The quantitative estimate of drug-likeness (QED) is 0.581. The molecule has 1 aliphatic heterocycles. The van der Waals surface area contributed by atoms with Crippen LogP contribution in [0.1, 0.15) is 18.4 Å². The van der Waals surface area contributed by atoms with Crippen molar-refractivity contribution < 1.29 is 35.9 Å². The molecule has 1 heterocycles. The van der Waals surface area contributed by atoms with Crippen LogP contribution in [-0.4, -0.2) is 36.3 Å². The van der Waals surface area contributed by atoms with Gasteiger partial charge in [-0.05, 0) is 36.1 Å². The fourth-order valence-corrected chi connectivity index (χ4v) is 3.70. The molecule has 0 spiro atoms. The van der Waals surface area contributed by atoms with Gasteiger partial charge in [0, 0.05) is 12.5 Å². The molecule has 2 bridgehead atoms. The predicted molar refractivity (Wildman–Crippen MR) is 79.2 cm³/mol. The van der Waals surface area contributed by atoms with E-state index >= 15 is 0 Å². The van der Waals surface area contributed by atoms with E-state index in [9.17, 15) is 31.1 Å². The maximum Gasteiger partial charge on any atom is 0.421 e. The van der Waals surface area contributed by atoms with Crippen molar-refractivity contribution in [2.75, 3.05) is 7.11 Å². The third-order valence-electron chi connectivity index (χ3n) is 4.78. The summed E-state index contributed by atoms with van der Waals surface area (Å²) >= 11 is 0. The number of ether oxygens (including phenoxy) is 1. The van der Waals surface area contributed by atoms with Gasteiger partial charge in [0.05, 0.1) is 13.2 Å². The number of nitrogens with zero attached hydrogens (tertiary/aromatic N) is 1. The molecule has 1 aliphatic carbocycles. The van der Waals surface area contributed by atoms with E-state index in [1.807, 2.05) is 0 Å². The van der Waals surface area contributed by atoms with Crippen LogP contribution in [0.3, 0.4) is 0 Å². The fraction of sp³-hybridized carbons (Fsp3) is 0.471. The lowest BCUT2D eigenvalue weighted by molar-refractivity contribution is -0.174. The highest BCUT2D eigenvalue weighted by atomic mass is 19.4. The Morgan fingerprint density at radius 2 is 1.69 bits per heavy atom. The second kappa shape index (κ2) is 6.21. The van der Waals surface area contributed by atoms with E-state index in [4.69, 9.17) is 4.74 Å². The van der Waals surface area contributed by atoms with Crippen LogP contribution in [0, 0.1) is 5.92 Å². The molecular formula is C17H15F6NO2. The Morgan fingerprint density at radius 3 is 2.15 bits per heavy atom. The molecule has 0 N–H and O–H groups in total. The zero-order valence-electron chi connectivity index (χ0n) is 13.6. The van der Waals surface area contributed by atoms with Gasteiger partial charge in [-0.2, -0.15) is 26.3 Å². The van der Waals surface area contributed by atoms with Crippen molar-refractivity contribution in [3.63, 3.8) is 0 Å². The fourth-order valence-electron chi connectivity index (χ4n) is 3.70. The average molecular weight is 379 g/mol. The Balaban J connectivity index is 1.93. The van der Waals surface area contributed by atoms with Crippen LogP contribution in [0.2, 0.25) is 0 Å². The van der Waals surface area contributed by atoms with Gasteiger partial charge in [-0.3, -0.25) is 4.79 Å². The molecule has 0 aromatic heterocycles. The normalized spacial score (nSPS) is 23.0. The van der Waals surface area contributed by atoms with Crippen molar-refractivity contribution in [2.24, 2.45) is 5.92 Å². The molecule has 1 saturated heterocycles. The number of fused-ring (bicyclic) bond motifs is 2. The highest BCUT2D eigenvalue weighted by Crippen LogP contribution is 2.50. The highest BCUT2D eigenvalue weighted by molar-refractivity contribution is 5.84. The number of carbonyl (C=O) groups is 1. The molecule has 142 valence electrons. The van der Waals surface area contributed by atoms with E-state index in [1.165, 1.54) is 7.11 Å². The molecule has 26 heavy (non-hydrogen) atoms. The Kier molecular flexibility index (Phi) is 4.44. The molecule has 2 atom stereocenters. The van der Waals surface area contributed by atoms with E-state index in [1.54, 1.807) is 24.3 Å². The zero-order valence-corrected chi connectivity index (χ0v) is 13.6. The molecule has 2 fully saturated rings. The summed E-state index contributed by atoms with van der Waals surface area (Å²) in [7, 11) is 1.46. The summed E-state index contributed by atoms with van der Waals surface area (Å²) in [6.45, 7) is -0.0452. The maximum absolute atomic E-state index is 13.0. The van der Waals surface area contributed by atoms with Gasteiger partial charge in [0.1, 0.15) is 11.3 Å². The van der Waals surface area contributed by atoms with Crippen LogP contribution in [0.5, 0.6) is 5.75 Å². The maximum atomic E-state index is 13.0. The number of halogens is 6. The minimum Gasteiger partial charge on any atom is -0.497 e. The number of rotatable bonds is 3. The van der Waals surface area contributed by atoms with Crippen LogP contribution in [0.4, 0.5) is 26.3 Å². The Labute approximate surface area is 145 Å². The van der Waals surface area contributed by atoms with Crippen LogP contribution in [0.25, 0.3) is 0 Å². The van der Waals surface area contributed by atoms with Gasteiger partial charge >= 0.3 is 12.4 Å². The number of hydrogen-bond donors (Lipinski definition) is 0. The SMILES string of the molecule is COc1ccc(CN2C(=O)[C@H]3CC(=C(C(F)(F)F)C(F)(F)F)[C@@H]2C3)cc1. The molecule has 1 saturated carbocycles. The summed E-state index contributed by atoms with van der Waals surface area (Å²) < 4.78 is 83.2. The van der Waals surface area contributed by atoms with Crippen LogP contribution in [0.15, 0.2) is 35.4 Å². The van der Waals surface area contributed by atoms with E-state index in [-0.39, 0.29) is 13.0 Å². The Bertz CT molecular complexity index is 719. The van der Waals surface area contributed by atoms with E-state index < -0.39 is 47.8 Å². The lowest BCUT2D eigenvalue weighted by atomic mass is 9.97. The third kappa shape index (κ3) is 3.26. The predicted octanol–water partition coefficient (Wildman–Crippen LogP) is 4.24. The number of benzene rings is 1. The van der Waals surface area contributed by atoms with Gasteiger partial charge < -0.3 is 9.64 Å². The molecule has 3 nitrogen and oxygen atoms in total. The van der Waals surface area contributed by atoms with Gasteiger partial charge in [0.15, 0.2) is 0 Å². The van der Waals surface area contributed by atoms with Crippen molar-refractivity contribution >= 4 is 5.91 Å². The zero-order chi connectivity index (χ0) is 19.3. The lowest BCUT2D eigenvalue weighted by Crippen LogP contribution is -2.41. The largest absolute Gasteiger partial charge is 0.497 e. The van der Waals surface area contributed by atoms with Crippen molar-refractivity contribution in [2.45, 2.75) is 37.8 Å². The van der Waals surface area contributed by atoms with Gasteiger partial charge in [-0.1, -0.05) is 12.1 Å². The van der Waals surface area contributed by atoms with Crippen LogP contribution >= 0.6 is 0 Å². The van der Waals surface area contributed by atoms with Crippen molar-refractivity contribution in [1.82, 2.24) is 4.90 Å². The molecule has 0 radical (unpaired) electrons. The number of carbonyl (C=O) groups excluding carboxylic acids is 1. The van der Waals surface area contributed by atoms with Crippen molar-refractivity contribution in [3.8, 4) is 5.75 Å². The smallest absolute Gasteiger partial charge is 0.421 e. The number of methoxy groups -OCH3 is 1. The Hall–Kier alpha value is -2.19. The number of amides is 1. The summed E-state index contributed by atoms with van der Waals surface area (Å²) in [4.78, 5) is 13.4. The van der Waals surface area contributed by atoms with E-state index in [0.29, 0.717) is 11.3 Å². The molecule has 1 amide bonds. The molecule has 1 aromatic carbocycles. The number of alkyl halides is 6. The van der Waals surface area contributed by atoms with E-state index in [2.05, 4.69) is 0 Å². The summed E-state index contributed by atoms with van der Waals surface area (Å²) in [6.07, 6.45) is -11.5. The van der Waals surface area contributed by atoms with Gasteiger partial charge in [0.25, 0.3) is 0 Å². The molecular weight excluding hydrogens is 364 g/mol. The first-order valence-electron chi connectivity index (χ1n) is 7.83. The van der Waals surface area contributed by atoms with Gasteiger partial charge in [0.2, 0.25) is 5.91 Å². The highest BCUT2D eigenvalue weighted by Gasteiger charge is 2.58. The first kappa shape index (κ1) is 18.6. The van der Waals surface area contributed by atoms with Crippen LogP contribution in [-0.2, 0) is 11.3 Å². The van der Waals surface area contributed by atoms with Gasteiger partial charge in [-0.15, -0.1) is 0 Å².